The third-order valence-corrected chi connectivity index (χ3v) is 4.07. The van der Waals surface area contributed by atoms with Crippen LogP contribution in [0.25, 0.3) is 10.6 Å². The number of thiophene rings is 1. The van der Waals surface area contributed by atoms with E-state index < -0.39 is 0 Å². The van der Waals surface area contributed by atoms with E-state index in [4.69, 9.17) is 10.8 Å². The first-order chi connectivity index (χ1) is 9.86. The number of rotatable bonds is 5. The van der Waals surface area contributed by atoms with Crippen LogP contribution >= 0.6 is 11.3 Å². The molecule has 4 heteroatoms. The Morgan fingerprint density at radius 1 is 1.10 bits per heavy atom. The Hall–Kier alpha value is -1.91. The maximum absolute atomic E-state index is 5.64. The zero-order valence-electron chi connectivity index (χ0n) is 11.2. The Labute approximate surface area is 122 Å². The maximum atomic E-state index is 5.64. The monoisotopic (exact) mass is 283 g/mol. The Kier molecular flexibility index (Phi) is 3.95. The molecule has 0 atom stereocenters. The molecule has 3 aromatic rings. The molecule has 2 N–H and O–H groups in total. The molecule has 1 aromatic carbocycles. The maximum Gasteiger partial charge on any atom is 0.0788 e. The molecule has 3 rings (SSSR count). The van der Waals surface area contributed by atoms with Crippen LogP contribution < -0.4 is 5.73 Å². The van der Waals surface area contributed by atoms with Crippen LogP contribution in [0.4, 0.5) is 0 Å². The summed E-state index contributed by atoms with van der Waals surface area (Å²) in [5.41, 5.74) is 9.14. The lowest BCUT2D eigenvalue weighted by atomic mass is 10.2. The fourth-order valence-corrected chi connectivity index (χ4v) is 2.99. The molecule has 0 amide bonds. The normalized spacial score (nSPS) is 10.8. The van der Waals surface area contributed by atoms with Crippen LogP contribution in [0, 0.1) is 0 Å². The first kappa shape index (κ1) is 13.1. The van der Waals surface area contributed by atoms with Crippen molar-refractivity contribution in [2.24, 2.45) is 5.73 Å². The molecule has 0 aliphatic heterocycles. The molecule has 0 aliphatic carbocycles. The van der Waals surface area contributed by atoms with Crippen LogP contribution in [0.15, 0.2) is 53.9 Å². The summed E-state index contributed by atoms with van der Waals surface area (Å²) in [6.07, 6.45) is 0.820. The van der Waals surface area contributed by atoms with Gasteiger partial charge in [-0.25, -0.2) is 0 Å². The van der Waals surface area contributed by atoms with E-state index in [1.54, 1.807) is 11.3 Å². The van der Waals surface area contributed by atoms with Gasteiger partial charge in [0.1, 0.15) is 0 Å². The van der Waals surface area contributed by atoms with Gasteiger partial charge >= 0.3 is 0 Å². The molecule has 0 fully saturated rings. The van der Waals surface area contributed by atoms with E-state index >= 15 is 0 Å². The van der Waals surface area contributed by atoms with Crippen molar-refractivity contribution in [3.8, 4) is 10.6 Å². The molecule has 0 spiro atoms. The van der Waals surface area contributed by atoms with Crippen molar-refractivity contribution in [1.82, 2.24) is 9.78 Å². The highest BCUT2D eigenvalue weighted by Crippen LogP contribution is 2.26. The zero-order chi connectivity index (χ0) is 13.8. The lowest BCUT2D eigenvalue weighted by Crippen LogP contribution is -2.06. The van der Waals surface area contributed by atoms with Gasteiger partial charge in [0, 0.05) is 6.42 Å². The van der Waals surface area contributed by atoms with Crippen LogP contribution in [0.2, 0.25) is 0 Å². The largest absolute Gasteiger partial charge is 0.330 e. The summed E-state index contributed by atoms with van der Waals surface area (Å²) in [6.45, 7) is 1.42. The van der Waals surface area contributed by atoms with Gasteiger partial charge in [0.2, 0.25) is 0 Å². The first-order valence-electron chi connectivity index (χ1n) is 6.71. The Morgan fingerprint density at radius 2 is 1.95 bits per heavy atom. The smallest absolute Gasteiger partial charge is 0.0788 e. The number of hydrogen-bond acceptors (Lipinski definition) is 3. The number of aromatic nitrogens is 2. The fraction of sp³-hybridized carbons (Fsp3) is 0.188. The quantitative estimate of drug-likeness (QED) is 0.781. The number of benzene rings is 1. The molecular weight excluding hydrogens is 266 g/mol. The molecular formula is C16H17N3S. The molecule has 0 saturated heterocycles. The van der Waals surface area contributed by atoms with E-state index in [9.17, 15) is 0 Å². The number of nitrogens with zero attached hydrogens (tertiary/aromatic N) is 2. The van der Waals surface area contributed by atoms with Gasteiger partial charge in [0.25, 0.3) is 0 Å². The van der Waals surface area contributed by atoms with Crippen molar-refractivity contribution in [2.75, 3.05) is 6.54 Å². The highest BCUT2D eigenvalue weighted by Gasteiger charge is 2.10. The van der Waals surface area contributed by atoms with Gasteiger partial charge in [-0.05, 0) is 29.6 Å². The molecule has 2 heterocycles. The van der Waals surface area contributed by atoms with Gasteiger partial charge in [-0.15, -0.1) is 11.3 Å². The average molecular weight is 283 g/mol. The average Bonchev–Trinajstić information content (AvgIpc) is 3.10. The molecule has 20 heavy (non-hydrogen) atoms. The highest BCUT2D eigenvalue weighted by atomic mass is 32.1. The zero-order valence-corrected chi connectivity index (χ0v) is 12.0. The van der Waals surface area contributed by atoms with Gasteiger partial charge in [-0.3, -0.25) is 4.68 Å². The van der Waals surface area contributed by atoms with E-state index in [1.807, 2.05) is 6.07 Å². The lowest BCUT2D eigenvalue weighted by Gasteiger charge is -2.06. The minimum atomic E-state index is 0.631. The molecule has 0 aliphatic rings. The number of nitrogens with two attached hydrogens (primary N) is 1. The van der Waals surface area contributed by atoms with Gasteiger partial charge in [-0.2, -0.15) is 5.10 Å². The van der Waals surface area contributed by atoms with Gasteiger partial charge < -0.3 is 5.73 Å². The van der Waals surface area contributed by atoms with Crippen molar-refractivity contribution in [3.63, 3.8) is 0 Å². The summed E-state index contributed by atoms with van der Waals surface area (Å²) in [5.74, 6) is 0. The molecule has 102 valence electrons. The summed E-state index contributed by atoms with van der Waals surface area (Å²) in [4.78, 5) is 1.25. The Bertz CT molecular complexity index is 656. The topological polar surface area (TPSA) is 43.8 Å². The fourth-order valence-electron chi connectivity index (χ4n) is 2.24. The SMILES string of the molecule is NCCc1cc(-c2cccs2)n(Cc2ccccc2)n1. The second kappa shape index (κ2) is 6.03. The van der Waals surface area contributed by atoms with Gasteiger partial charge in [0.05, 0.1) is 22.8 Å². The molecule has 0 saturated carbocycles. The second-order valence-electron chi connectivity index (χ2n) is 4.68. The van der Waals surface area contributed by atoms with Crippen LogP contribution in [0.5, 0.6) is 0 Å². The lowest BCUT2D eigenvalue weighted by molar-refractivity contribution is 0.678. The minimum Gasteiger partial charge on any atom is -0.330 e. The third kappa shape index (κ3) is 2.81. The summed E-state index contributed by atoms with van der Waals surface area (Å²) >= 11 is 1.74. The molecule has 0 radical (unpaired) electrons. The standard InChI is InChI=1S/C16H17N3S/c17-9-8-14-11-15(16-7-4-10-20-16)19(18-14)12-13-5-2-1-3-6-13/h1-7,10-11H,8-9,12,17H2. The first-order valence-corrected chi connectivity index (χ1v) is 7.59. The van der Waals surface area contributed by atoms with Crippen LogP contribution in [0.3, 0.4) is 0 Å². The molecule has 0 unspecified atom stereocenters. The predicted molar refractivity (Wildman–Crippen MR) is 83.8 cm³/mol. The van der Waals surface area contributed by atoms with Crippen LogP contribution in [-0.2, 0) is 13.0 Å². The van der Waals surface area contributed by atoms with Crippen LogP contribution in [-0.4, -0.2) is 16.3 Å². The van der Waals surface area contributed by atoms with Crippen LogP contribution in [0.1, 0.15) is 11.3 Å². The minimum absolute atomic E-state index is 0.631. The van der Waals surface area contributed by atoms with E-state index in [-0.39, 0.29) is 0 Å². The summed E-state index contributed by atoms with van der Waals surface area (Å²) in [7, 11) is 0. The van der Waals surface area contributed by atoms with Gasteiger partial charge in [-0.1, -0.05) is 36.4 Å². The van der Waals surface area contributed by atoms with Crippen molar-refractivity contribution in [1.29, 1.82) is 0 Å². The Balaban J connectivity index is 1.96. The highest BCUT2D eigenvalue weighted by molar-refractivity contribution is 7.13. The number of hydrogen-bond donors (Lipinski definition) is 1. The van der Waals surface area contributed by atoms with E-state index in [0.29, 0.717) is 6.54 Å². The van der Waals surface area contributed by atoms with E-state index in [0.717, 1.165) is 18.7 Å². The summed E-state index contributed by atoms with van der Waals surface area (Å²) in [6, 6.07) is 16.8. The molecule has 2 aromatic heterocycles. The third-order valence-electron chi connectivity index (χ3n) is 3.18. The summed E-state index contributed by atoms with van der Waals surface area (Å²) in [5, 5.41) is 6.79. The van der Waals surface area contributed by atoms with E-state index in [2.05, 4.69) is 52.5 Å². The van der Waals surface area contributed by atoms with E-state index in [1.165, 1.54) is 16.1 Å². The Morgan fingerprint density at radius 3 is 2.65 bits per heavy atom. The van der Waals surface area contributed by atoms with Crippen molar-refractivity contribution in [2.45, 2.75) is 13.0 Å². The summed E-state index contributed by atoms with van der Waals surface area (Å²) < 4.78 is 2.08. The van der Waals surface area contributed by atoms with Crippen molar-refractivity contribution < 1.29 is 0 Å². The molecule has 3 nitrogen and oxygen atoms in total. The van der Waals surface area contributed by atoms with Gasteiger partial charge in [0.15, 0.2) is 0 Å². The predicted octanol–water partition coefficient (Wildman–Crippen LogP) is 3.16. The van der Waals surface area contributed by atoms with Crippen molar-refractivity contribution >= 4 is 11.3 Å². The molecule has 0 bridgehead atoms. The second-order valence-corrected chi connectivity index (χ2v) is 5.63. The van der Waals surface area contributed by atoms with Crippen molar-refractivity contribution in [3.05, 3.63) is 65.2 Å².